The number of halogens is 2. The lowest BCUT2D eigenvalue weighted by Gasteiger charge is -2.19. The maximum Gasteiger partial charge on any atom is 0.150 e. The molecule has 1 saturated heterocycles. The Kier molecular flexibility index (Phi) is 2.99. The third-order valence-electron chi connectivity index (χ3n) is 3.13. The van der Waals surface area contributed by atoms with E-state index in [0.29, 0.717) is 13.1 Å². The van der Waals surface area contributed by atoms with Crippen LogP contribution in [0.2, 0.25) is 0 Å². The maximum absolute atomic E-state index is 13.7. The fourth-order valence-corrected chi connectivity index (χ4v) is 2.11. The zero-order chi connectivity index (χ0) is 12.6. The summed E-state index contributed by atoms with van der Waals surface area (Å²) < 4.78 is 27.5. The van der Waals surface area contributed by atoms with E-state index in [1.54, 1.807) is 11.0 Å². The Bertz CT molecular complexity index is 448. The fraction of sp³-hybridized carbons (Fsp3) is 0.417. The van der Waals surface area contributed by atoms with Gasteiger partial charge in [-0.25, -0.2) is 8.78 Å². The van der Waals surface area contributed by atoms with E-state index >= 15 is 0 Å². The number of rotatable bonds is 1. The number of hydrogen-bond acceptors (Lipinski definition) is 3. The summed E-state index contributed by atoms with van der Waals surface area (Å²) in [5.41, 5.74) is 5.73. The summed E-state index contributed by atoms with van der Waals surface area (Å²) in [6.07, 6.45) is 0. The molecule has 1 aliphatic rings. The first-order valence-electron chi connectivity index (χ1n) is 5.42. The van der Waals surface area contributed by atoms with Crippen LogP contribution in [0.15, 0.2) is 12.1 Å². The zero-order valence-electron chi connectivity index (χ0n) is 9.45. The highest BCUT2D eigenvalue weighted by atomic mass is 19.1. The van der Waals surface area contributed by atoms with E-state index in [2.05, 4.69) is 0 Å². The molecular formula is C12H13F2N3. The molecule has 0 saturated carbocycles. The van der Waals surface area contributed by atoms with Crippen molar-refractivity contribution < 1.29 is 8.78 Å². The molecule has 1 aliphatic heterocycles. The van der Waals surface area contributed by atoms with Crippen molar-refractivity contribution in [3.05, 3.63) is 29.3 Å². The molecule has 2 unspecified atom stereocenters. The number of hydrogen-bond donors (Lipinski definition) is 1. The smallest absolute Gasteiger partial charge is 0.150 e. The van der Waals surface area contributed by atoms with Gasteiger partial charge in [0.1, 0.15) is 5.69 Å². The van der Waals surface area contributed by atoms with E-state index in [-0.39, 0.29) is 23.2 Å². The normalized spacial score (nSPS) is 23.8. The largest absolute Gasteiger partial charge is 0.365 e. The summed E-state index contributed by atoms with van der Waals surface area (Å²) in [4.78, 5) is 1.60. The number of nitriles is 1. The molecule has 5 heteroatoms. The van der Waals surface area contributed by atoms with Crippen LogP contribution in [0, 0.1) is 28.9 Å². The summed E-state index contributed by atoms with van der Waals surface area (Å²) in [6, 6.07) is 3.74. The van der Waals surface area contributed by atoms with Crippen LogP contribution in [0.1, 0.15) is 12.5 Å². The third-order valence-corrected chi connectivity index (χ3v) is 3.13. The monoisotopic (exact) mass is 237 g/mol. The van der Waals surface area contributed by atoms with Crippen molar-refractivity contribution in [2.75, 3.05) is 18.0 Å². The van der Waals surface area contributed by atoms with Crippen molar-refractivity contribution in [1.82, 2.24) is 0 Å². The van der Waals surface area contributed by atoms with Crippen LogP contribution in [-0.4, -0.2) is 19.1 Å². The molecule has 0 spiro atoms. The highest BCUT2D eigenvalue weighted by molar-refractivity contribution is 5.53. The number of anilines is 1. The summed E-state index contributed by atoms with van der Waals surface area (Å²) >= 11 is 0. The molecule has 0 amide bonds. The molecule has 0 aliphatic carbocycles. The molecule has 2 N–H and O–H groups in total. The molecule has 0 radical (unpaired) electrons. The zero-order valence-corrected chi connectivity index (χ0v) is 9.45. The van der Waals surface area contributed by atoms with E-state index in [1.807, 2.05) is 6.92 Å². The molecule has 0 bridgehead atoms. The van der Waals surface area contributed by atoms with Gasteiger partial charge < -0.3 is 10.6 Å². The average molecular weight is 237 g/mol. The van der Waals surface area contributed by atoms with Gasteiger partial charge in [0.15, 0.2) is 11.6 Å². The SMILES string of the molecule is CC1CN(c2c(F)cc(C#N)cc2F)CC1N. The quantitative estimate of drug-likeness (QED) is 0.807. The summed E-state index contributed by atoms with van der Waals surface area (Å²) in [5, 5.41) is 8.61. The third kappa shape index (κ3) is 2.08. The first kappa shape index (κ1) is 11.8. The van der Waals surface area contributed by atoms with E-state index in [4.69, 9.17) is 11.0 Å². The lowest BCUT2D eigenvalue weighted by atomic mass is 10.1. The van der Waals surface area contributed by atoms with Gasteiger partial charge in [-0.1, -0.05) is 6.92 Å². The minimum absolute atomic E-state index is 0.0136. The molecule has 3 nitrogen and oxygen atoms in total. The summed E-state index contributed by atoms with van der Waals surface area (Å²) in [7, 11) is 0. The predicted octanol–water partition coefficient (Wildman–Crippen LogP) is 1.62. The molecule has 1 aromatic rings. The van der Waals surface area contributed by atoms with Gasteiger partial charge >= 0.3 is 0 Å². The lowest BCUT2D eigenvalue weighted by molar-refractivity contribution is 0.564. The van der Waals surface area contributed by atoms with Crippen molar-refractivity contribution in [2.45, 2.75) is 13.0 Å². The van der Waals surface area contributed by atoms with Crippen LogP contribution >= 0.6 is 0 Å². The van der Waals surface area contributed by atoms with Gasteiger partial charge in [-0.3, -0.25) is 0 Å². The van der Waals surface area contributed by atoms with Gasteiger partial charge in [-0.15, -0.1) is 0 Å². The van der Waals surface area contributed by atoms with Crippen LogP contribution in [-0.2, 0) is 0 Å². The topological polar surface area (TPSA) is 53.0 Å². The predicted molar refractivity (Wildman–Crippen MR) is 60.4 cm³/mol. The molecule has 1 fully saturated rings. The van der Waals surface area contributed by atoms with Crippen LogP contribution < -0.4 is 10.6 Å². The van der Waals surface area contributed by atoms with E-state index < -0.39 is 11.6 Å². The second kappa shape index (κ2) is 4.30. The van der Waals surface area contributed by atoms with Crippen molar-refractivity contribution in [1.29, 1.82) is 5.26 Å². The Morgan fingerprint density at radius 3 is 2.35 bits per heavy atom. The molecule has 2 rings (SSSR count). The van der Waals surface area contributed by atoms with E-state index in [0.717, 1.165) is 12.1 Å². The molecule has 1 aromatic carbocycles. The van der Waals surface area contributed by atoms with E-state index in [1.165, 1.54) is 0 Å². The van der Waals surface area contributed by atoms with Gasteiger partial charge in [0.25, 0.3) is 0 Å². The Balaban J connectivity index is 2.37. The first-order chi connectivity index (χ1) is 8.02. The molecule has 90 valence electrons. The fourth-order valence-electron chi connectivity index (χ4n) is 2.11. The molecule has 2 atom stereocenters. The van der Waals surface area contributed by atoms with Gasteiger partial charge in [0.05, 0.1) is 11.6 Å². The maximum atomic E-state index is 13.7. The molecule has 1 heterocycles. The number of nitrogens with two attached hydrogens (primary N) is 1. The average Bonchev–Trinajstić information content (AvgIpc) is 2.57. The van der Waals surface area contributed by atoms with Crippen LogP contribution in [0.25, 0.3) is 0 Å². The van der Waals surface area contributed by atoms with Gasteiger partial charge in [0.2, 0.25) is 0 Å². The Morgan fingerprint density at radius 1 is 1.35 bits per heavy atom. The highest BCUT2D eigenvalue weighted by Crippen LogP contribution is 2.29. The highest BCUT2D eigenvalue weighted by Gasteiger charge is 2.30. The molecule has 0 aromatic heterocycles. The second-order valence-electron chi connectivity index (χ2n) is 4.45. The van der Waals surface area contributed by atoms with Crippen LogP contribution in [0.4, 0.5) is 14.5 Å². The molecular weight excluding hydrogens is 224 g/mol. The van der Waals surface area contributed by atoms with E-state index in [9.17, 15) is 8.78 Å². The summed E-state index contributed by atoms with van der Waals surface area (Å²) in [5.74, 6) is -1.21. The van der Waals surface area contributed by atoms with Crippen molar-refractivity contribution in [3.8, 4) is 6.07 Å². The van der Waals surface area contributed by atoms with Gasteiger partial charge in [0, 0.05) is 19.1 Å². The number of nitrogens with zero attached hydrogens (tertiary/aromatic N) is 2. The van der Waals surface area contributed by atoms with Gasteiger partial charge in [-0.05, 0) is 18.1 Å². The van der Waals surface area contributed by atoms with Crippen molar-refractivity contribution >= 4 is 5.69 Å². The standard InChI is InChI=1S/C12H13F2N3/c1-7-5-17(6-11(7)16)12-9(13)2-8(4-15)3-10(12)14/h2-3,7,11H,5-6,16H2,1H3. The first-order valence-corrected chi connectivity index (χ1v) is 5.42. The second-order valence-corrected chi connectivity index (χ2v) is 4.45. The number of benzene rings is 1. The Morgan fingerprint density at radius 2 is 1.94 bits per heavy atom. The minimum Gasteiger partial charge on any atom is -0.365 e. The van der Waals surface area contributed by atoms with Gasteiger partial charge in [-0.2, -0.15) is 5.26 Å². The van der Waals surface area contributed by atoms with Crippen LogP contribution in [0.5, 0.6) is 0 Å². The Labute approximate surface area is 98.4 Å². The summed E-state index contributed by atoms with van der Waals surface area (Å²) in [6.45, 7) is 2.91. The van der Waals surface area contributed by atoms with Crippen molar-refractivity contribution in [2.24, 2.45) is 11.7 Å². The Hall–Kier alpha value is -1.67. The van der Waals surface area contributed by atoms with Crippen molar-refractivity contribution in [3.63, 3.8) is 0 Å². The molecule has 17 heavy (non-hydrogen) atoms. The lowest BCUT2D eigenvalue weighted by Crippen LogP contribution is -2.29. The minimum atomic E-state index is -0.706. The van der Waals surface area contributed by atoms with Crippen LogP contribution in [0.3, 0.4) is 0 Å².